The van der Waals surface area contributed by atoms with Crippen LogP contribution >= 0.6 is 0 Å². The van der Waals surface area contributed by atoms with Crippen LogP contribution in [0.25, 0.3) is 0 Å². The zero-order chi connectivity index (χ0) is 20.0. The Labute approximate surface area is 172 Å². The summed E-state index contributed by atoms with van der Waals surface area (Å²) in [6.45, 7) is 4.48. The number of rotatable bonds is 5. The van der Waals surface area contributed by atoms with E-state index in [0.29, 0.717) is 6.04 Å². The van der Waals surface area contributed by atoms with Crippen LogP contribution in [0, 0.1) is 5.92 Å². The summed E-state index contributed by atoms with van der Waals surface area (Å²) in [4.78, 5) is 2.73. The maximum atomic E-state index is 6.83. The first-order chi connectivity index (χ1) is 14.0. The van der Waals surface area contributed by atoms with E-state index in [2.05, 4.69) is 30.0 Å². The highest BCUT2D eigenvalue weighted by atomic mass is 16.6. The number of ether oxygens (including phenoxy) is 4. The molecule has 1 saturated carbocycles. The number of piperidine rings is 1. The van der Waals surface area contributed by atoms with Crippen molar-refractivity contribution in [2.24, 2.45) is 5.92 Å². The van der Waals surface area contributed by atoms with E-state index in [9.17, 15) is 0 Å². The fourth-order valence-corrected chi connectivity index (χ4v) is 7.31. The van der Waals surface area contributed by atoms with E-state index in [4.69, 9.17) is 18.9 Å². The molecule has 5 nitrogen and oxygen atoms in total. The van der Waals surface area contributed by atoms with Crippen LogP contribution in [0.5, 0.6) is 11.5 Å². The molecule has 5 heteroatoms. The number of nitrogens with zero attached hydrogens (tertiary/aromatic N) is 1. The van der Waals surface area contributed by atoms with Gasteiger partial charge >= 0.3 is 0 Å². The lowest BCUT2D eigenvalue weighted by atomic mass is 9.46. The summed E-state index contributed by atoms with van der Waals surface area (Å²) in [5.41, 5.74) is 1.52. The van der Waals surface area contributed by atoms with Gasteiger partial charge in [-0.1, -0.05) is 6.07 Å². The van der Waals surface area contributed by atoms with Gasteiger partial charge in [0.2, 0.25) is 0 Å². The van der Waals surface area contributed by atoms with Crippen molar-refractivity contribution >= 4 is 0 Å². The van der Waals surface area contributed by atoms with Gasteiger partial charge in [0.05, 0.1) is 19.6 Å². The lowest BCUT2D eigenvalue weighted by Crippen LogP contribution is -2.78. The van der Waals surface area contributed by atoms with E-state index in [0.717, 1.165) is 49.0 Å². The molecule has 29 heavy (non-hydrogen) atoms. The highest BCUT2D eigenvalue weighted by Crippen LogP contribution is 2.70. The van der Waals surface area contributed by atoms with E-state index >= 15 is 0 Å². The first-order valence-electron chi connectivity index (χ1n) is 11.0. The van der Waals surface area contributed by atoms with Crippen molar-refractivity contribution in [2.45, 2.75) is 61.7 Å². The number of methoxy groups -OCH3 is 3. The van der Waals surface area contributed by atoms with Crippen molar-refractivity contribution < 1.29 is 18.9 Å². The third-order valence-electron chi connectivity index (χ3n) is 8.70. The fraction of sp³-hybridized carbons (Fsp3) is 0.667. The molecule has 6 rings (SSSR count). The summed E-state index contributed by atoms with van der Waals surface area (Å²) < 4.78 is 25.1. The summed E-state index contributed by atoms with van der Waals surface area (Å²) in [5.74, 6) is 3.50. The predicted octanol–water partition coefficient (Wildman–Crippen LogP) is 3.44. The molecule has 0 amide bonds. The summed E-state index contributed by atoms with van der Waals surface area (Å²) in [6, 6.07) is 4.68. The maximum Gasteiger partial charge on any atom is 0.175 e. The summed E-state index contributed by atoms with van der Waals surface area (Å²) in [6.07, 6.45) is 7.84. The fourth-order valence-electron chi connectivity index (χ4n) is 7.31. The Morgan fingerprint density at radius 3 is 2.69 bits per heavy atom. The molecule has 4 atom stereocenters. The molecule has 3 aliphatic carbocycles. The molecule has 1 saturated heterocycles. The summed E-state index contributed by atoms with van der Waals surface area (Å²) >= 11 is 0. The van der Waals surface area contributed by atoms with Crippen molar-refractivity contribution in [2.75, 3.05) is 34.4 Å². The highest BCUT2D eigenvalue weighted by Gasteiger charge is 2.77. The molecule has 0 aromatic heterocycles. The lowest BCUT2D eigenvalue weighted by Gasteiger charge is -2.66. The minimum atomic E-state index is -0.591. The number of likely N-dealkylation sites (tertiary alicyclic amines) is 1. The van der Waals surface area contributed by atoms with Crippen LogP contribution in [0.15, 0.2) is 24.0 Å². The van der Waals surface area contributed by atoms with Gasteiger partial charge in [-0.3, -0.25) is 4.90 Å². The minimum Gasteiger partial charge on any atom is -0.497 e. The second-order valence-corrected chi connectivity index (χ2v) is 9.65. The first kappa shape index (κ1) is 18.1. The molecular weight excluding hydrogens is 366 g/mol. The number of benzene rings is 1. The van der Waals surface area contributed by atoms with E-state index in [1.165, 1.54) is 30.5 Å². The van der Waals surface area contributed by atoms with Crippen LogP contribution in [0.4, 0.5) is 0 Å². The summed E-state index contributed by atoms with van der Waals surface area (Å²) in [7, 11) is 5.40. The van der Waals surface area contributed by atoms with Crippen molar-refractivity contribution in [3.05, 3.63) is 35.1 Å². The highest BCUT2D eigenvalue weighted by molar-refractivity contribution is 5.66. The normalized spacial score (nSPS) is 39.4. The van der Waals surface area contributed by atoms with Gasteiger partial charge in [-0.15, -0.1) is 0 Å². The molecule has 2 fully saturated rings. The number of hydrogen-bond donors (Lipinski definition) is 0. The van der Waals surface area contributed by atoms with Gasteiger partial charge in [0, 0.05) is 31.7 Å². The Bertz CT molecular complexity index is 908. The third kappa shape index (κ3) is 1.90. The quantitative estimate of drug-likeness (QED) is 0.761. The monoisotopic (exact) mass is 397 g/mol. The number of hydrogen-bond acceptors (Lipinski definition) is 5. The molecule has 2 aliphatic heterocycles. The zero-order valence-electron chi connectivity index (χ0n) is 17.9. The molecule has 2 heterocycles. The van der Waals surface area contributed by atoms with Gasteiger partial charge < -0.3 is 18.9 Å². The molecule has 2 bridgehead atoms. The predicted molar refractivity (Wildman–Crippen MR) is 110 cm³/mol. The van der Waals surface area contributed by atoms with Crippen LogP contribution in [0.1, 0.15) is 43.7 Å². The lowest BCUT2D eigenvalue weighted by molar-refractivity contribution is -0.208. The van der Waals surface area contributed by atoms with E-state index in [-0.39, 0.29) is 11.0 Å². The van der Waals surface area contributed by atoms with Crippen LogP contribution in [-0.2, 0) is 21.3 Å². The van der Waals surface area contributed by atoms with E-state index in [1.807, 2.05) is 7.11 Å². The molecule has 5 aliphatic rings. The van der Waals surface area contributed by atoms with E-state index < -0.39 is 5.60 Å². The van der Waals surface area contributed by atoms with Crippen LogP contribution in [-0.4, -0.2) is 56.6 Å². The van der Waals surface area contributed by atoms with Crippen molar-refractivity contribution in [1.82, 2.24) is 4.90 Å². The molecule has 0 unspecified atom stereocenters. The Kier molecular flexibility index (Phi) is 3.55. The van der Waals surface area contributed by atoms with E-state index in [1.54, 1.807) is 14.2 Å². The SMILES string of the molecule is COC1=CC[C@@]2(OC)[C@H]3Cc4ccc(OC)c5c4[C@@]2(CCN3CC2CC2)[C@@]1(C)O5. The average Bonchev–Trinajstić information content (AvgIpc) is 3.49. The second kappa shape index (κ2) is 5.70. The van der Waals surface area contributed by atoms with Crippen LogP contribution in [0.2, 0.25) is 0 Å². The van der Waals surface area contributed by atoms with Gasteiger partial charge in [0.25, 0.3) is 0 Å². The van der Waals surface area contributed by atoms with Crippen molar-refractivity contribution in [1.29, 1.82) is 0 Å². The second-order valence-electron chi connectivity index (χ2n) is 9.65. The van der Waals surface area contributed by atoms with Gasteiger partial charge in [-0.05, 0) is 62.8 Å². The molecule has 1 spiro atoms. The minimum absolute atomic E-state index is 0.267. The Morgan fingerprint density at radius 1 is 1.17 bits per heavy atom. The first-order valence-corrected chi connectivity index (χ1v) is 11.0. The van der Waals surface area contributed by atoms with Crippen molar-refractivity contribution in [3.8, 4) is 11.5 Å². The molecular formula is C24H31NO4. The van der Waals surface area contributed by atoms with Gasteiger partial charge in [0.15, 0.2) is 17.1 Å². The Balaban J connectivity index is 1.63. The molecule has 0 radical (unpaired) electrons. The molecule has 1 aromatic rings. The van der Waals surface area contributed by atoms with Gasteiger partial charge in [-0.2, -0.15) is 0 Å². The topological polar surface area (TPSA) is 40.2 Å². The standard InChI is InChI=1S/C24H31NO4/c1-22-19(27-3)9-10-24(28-4)18-13-16-7-8-17(26-2)21(29-22)20(16)23(22,24)11-12-25(18)14-15-5-6-15/h7-9,15,18H,5-6,10-14H2,1-4H3/t18-,22+,23+,24-/m1/s1. The Hall–Kier alpha value is -1.72. The van der Waals surface area contributed by atoms with Crippen LogP contribution < -0.4 is 9.47 Å². The third-order valence-corrected chi connectivity index (χ3v) is 8.70. The molecule has 0 N–H and O–H groups in total. The summed E-state index contributed by atoms with van der Waals surface area (Å²) in [5, 5.41) is 0. The van der Waals surface area contributed by atoms with Crippen LogP contribution in [0.3, 0.4) is 0 Å². The zero-order valence-corrected chi connectivity index (χ0v) is 17.9. The van der Waals surface area contributed by atoms with Gasteiger partial charge in [0.1, 0.15) is 11.4 Å². The smallest absolute Gasteiger partial charge is 0.175 e. The molecule has 1 aromatic carbocycles. The van der Waals surface area contributed by atoms with Gasteiger partial charge in [-0.25, -0.2) is 0 Å². The average molecular weight is 398 g/mol. The molecule has 156 valence electrons. The maximum absolute atomic E-state index is 6.83. The van der Waals surface area contributed by atoms with Crippen molar-refractivity contribution in [3.63, 3.8) is 0 Å². The Morgan fingerprint density at radius 2 is 2.00 bits per heavy atom. The largest absolute Gasteiger partial charge is 0.497 e.